The van der Waals surface area contributed by atoms with Crippen molar-refractivity contribution in [3.63, 3.8) is 0 Å². The number of amides is 1. The Morgan fingerprint density at radius 2 is 2.00 bits per heavy atom. The molecule has 0 radical (unpaired) electrons. The van der Waals surface area contributed by atoms with E-state index in [1.54, 1.807) is 4.90 Å². The smallest absolute Gasteiger partial charge is 0.235 e. The van der Waals surface area contributed by atoms with Crippen LogP contribution in [0, 0.1) is 5.82 Å². The maximum Gasteiger partial charge on any atom is 0.235 e. The van der Waals surface area contributed by atoms with Crippen LogP contribution in [0.2, 0.25) is 0 Å². The van der Waals surface area contributed by atoms with Crippen LogP contribution in [0.3, 0.4) is 0 Å². The number of carbonyl (C=O) groups is 1. The molecule has 1 aromatic rings. The fourth-order valence-corrected chi connectivity index (χ4v) is 3.02. The fourth-order valence-electron chi connectivity index (χ4n) is 1.99. The first kappa shape index (κ1) is 14.9. The lowest BCUT2D eigenvalue weighted by Gasteiger charge is -2.32. The van der Waals surface area contributed by atoms with Crippen LogP contribution in [0.5, 0.6) is 0 Å². The third-order valence-corrected chi connectivity index (χ3v) is 4.63. The summed E-state index contributed by atoms with van der Waals surface area (Å²) < 4.78 is 25.4. The Hall–Kier alpha value is -1.47. The minimum absolute atomic E-state index is 0.0103. The van der Waals surface area contributed by atoms with Gasteiger partial charge in [0.2, 0.25) is 5.91 Å². The lowest BCUT2D eigenvalue weighted by atomic mass is 10.3. The number of nitrogen functional groups attached to an aromatic ring is 1. The number of likely N-dealkylation sites (N-methyl/N-ethyl adjacent to an activating group) is 1. The molecule has 1 amide bonds. The van der Waals surface area contributed by atoms with Crippen LogP contribution >= 0.6 is 0 Å². The van der Waals surface area contributed by atoms with E-state index < -0.39 is 16.6 Å². The second kappa shape index (κ2) is 6.32. The number of anilines is 1. The quantitative estimate of drug-likeness (QED) is 0.815. The van der Waals surface area contributed by atoms with Gasteiger partial charge in [-0.15, -0.1) is 0 Å². The molecule has 20 heavy (non-hydrogen) atoms. The van der Waals surface area contributed by atoms with Gasteiger partial charge in [-0.05, 0) is 25.2 Å². The molecule has 1 atom stereocenters. The van der Waals surface area contributed by atoms with Crippen LogP contribution in [-0.2, 0) is 15.6 Å². The topological polar surface area (TPSA) is 66.6 Å². The Balaban J connectivity index is 1.97. The van der Waals surface area contributed by atoms with E-state index in [1.165, 1.54) is 12.1 Å². The van der Waals surface area contributed by atoms with Crippen LogP contribution in [0.4, 0.5) is 10.1 Å². The van der Waals surface area contributed by atoms with Crippen molar-refractivity contribution in [1.82, 2.24) is 9.80 Å². The van der Waals surface area contributed by atoms with Gasteiger partial charge in [0.15, 0.2) is 0 Å². The molecule has 1 aliphatic rings. The van der Waals surface area contributed by atoms with Crippen molar-refractivity contribution in [1.29, 1.82) is 0 Å². The molecule has 5 nitrogen and oxygen atoms in total. The van der Waals surface area contributed by atoms with Gasteiger partial charge < -0.3 is 15.5 Å². The summed E-state index contributed by atoms with van der Waals surface area (Å²) in [6.07, 6.45) is 0. The lowest BCUT2D eigenvalue weighted by Crippen LogP contribution is -2.48. The molecule has 0 saturated carbocycles. The minimum Gasteiger partial charge on any atom is -0.396 e. The van der Waals surface area contributed by atoms with Gasteiger partial charge in [0.25, 0.3) is 0 Å². The Kier molecular flexibility index (Phi) is 4.72. The highest BCUT2D eigenvalue weighted by Crippen LogP contribution is 2.15. The predicted molar refractivity (Wildman–Crippen MR) is 76.2 cm³/mol. The Bertz CT molecular complexity index is 530. The van der Waals surface area contributed by atoms with Crippen molar-refractivity contribution in [3.05, 3.63) is 24.0 Å². The zero-order valence-corrected chi connectivity index (χ0v) is 12.2. The molecule has 1 heterocycles. The summed E-state index contributed by atoms with van der Waals surface area (Å²) in [5.74, 6) is -0.885. The summed E-state index contributed by atoms with van der Waals surface area (Å²) in [6.45, 7) is 2.91. The molecule has 1 aromatic carbocycles. The fraction of sp³-hybridized carbons (Fsp3) is 0.462. The molecule has 0 aromatic heterocycles. The van der Waals surface area contributed by atoms with E-state index in [1.807, 2.05) is 7.05 Å². The highest BCUT2D eigenvalue weighted by Gasteiger charge is 2.21. The predicted octanol–water partition coefficient (Wildman–Crippen LogP) is 0.289. The number of carbonyl (C=O) groups excluding carboxylic acids is 1. The van der Waals surface area contributed by atoms with E-state index >= 15 is 0 Å². The minimum atomic E-state index is -1.54. The SMILES string of the molecule is CN1CCN(C(=O)CS(=O)c2ccc(N)c(F)c2)CC1. The molecule has 1 fully saturated rings. The van der Waals surface area contributed by atoms with Crippen molar-refractivity contribution in [2.45, 2.75) is 4.90 Å². The summed E-state index contributed by atoms with van der Waals surface area (Å²) in [4.78, 5) is 16.2. The van der Waals surface area contributed by atoms with Crippen molar-refractivity contribution < 1.29 is 13.4 Å². The Labute approximate surface area is 120 Å². The molecular formula is C13H18FN3O2S. The number of hydrogen-bond acceptors (Lipinski definition) is 4. The van der Waals surface area contributed by atoms with Gasteiger partial charge >= 0.3 is 0 Å². The number of benzene rings is 1. The van der Waals surface area contributed by atoms with Crippen LogP contribution < -0.4 is 5.73 Å². The number of halogens is 1. The molecule has 7 heteroatoms. The number of hydrogen-bond donors (Lipinski definition) is 1. The zero-order valence-electron chi connectivity index (χ0n) is 11.3. The van der Waals surface area contributed by atoms with E-state index in [2.05, 4.69) is 4.90 Å². The van der Waals surface area contributed by atoms with Crippen molar-refractivity contribution in [2.24, 2.45) is 0 Å². The molecule has 0 aliphatic carbocycles. The number of piperazine rings is 1. The average molecular weight is 299 g/mol. The molecule has 1 unspecified atom stereocenters. The molecule has 0 spiro atoms. The van der Waals surface area contributed by atoms with Gasteiger partial charge in [-0.2, -0.15) is 0 Å². The molecule has 1 aliphatic heterocycles. The number of nitrogens with two attached hydrogens (primary N) is 1. The molecular weight excluding hydrogens is 281 g/mol. The highest BCUT2D eigenvalue weighted by molar-refractivity contribution is 7.85. The van der Waals surface area contributed by atoms with Crippen molar-refractivity contribution in [2.75, 3.05) is 44.7 Å². The molecule has 0 bridgehead atoms. The largest absolute Gasteiger partial charge is 0.396 e. The van der Waals surface area contributed by atoms with E-state index in [4.69, 9.17) is 5.73 Å². The van der Waals surface area contributed by atoms with E-state index in [-0.39, 0.29) is 17.3 Å². The number of nitrogens with zero attached hydrogens (tertiary/aromatic N) is 2. The number of rotatable bonds is 3. The average Bonchev–Trinajstić information content (AvgIpc) is 2.42. The van der Waals surface area contributed by atoms with E-state index in [9.17, 15) is 13.4 Å². The molecule has 1 saturated heterocycles. The lowest BCUT2D eigenvalue weighted by molar-refractivity contribution is -0.129. The Morgan fingerprint density at radius 1 is 1.35 bits per heavy atom. The summed E-state index contributed by atoms with van der Waals surface area (Å²) in [6, 6.07) is 3.98. The summed E-state index contributed by atoms with van der Waals surface area (Å²) in [5.41, 5.74) is 5.38. The summed E-state index contributed by atoms with van der Waals surface area (Å²) in [7, 11) is 0.454. The molecule has 2 N–H and O–H groups in total. The monoisotopic (exact) mass is 299 g/mol. The first-order valence-electron chi connectivity index (χ1n) is 6.37. The first-order valence-corrected chi connectivity index (χ1v) is 7.69. The van der Waals surface area contributed by atoms with Crippen molar-refractivity contribution >= 4 is 22.4 Å². The van der Waals surface area contributed by atoms with Crippen molar-refractivity contribution in [3.8, 4) is 0 Å². The first-order chi connectivity index (χ1) is 9.47. The van der Waals surface area contributed by atoms with E-state index in [0.717, 1.165) is 19.2 Å². The van der Waals surface area contributed by atoms with Gasteiger partial charge in [-0.3, -0.25) is 9.00 Å². The van der Waals surface area contributed by atoms with Gasteiger partial charge in [-0.25, -0.2) is 4.39 Å². The second-order valence-corrected chi connectivity index (χ2v) is 6.31. The summed E-state index contributed by atoms with van der Waals surface area (Å²) >= 11 is 0. The second-order valence-electron chi connectivity index (χ2n) is 4.86. The highest BCUT2D eigenvalue weighted by atomic mass is 32.2. The molecule has 2 rings (SSSR count). The van der Waals surface area contributed by atoms with Crippen LogP contribution in [0.15, 0.2) is 23.1 Å². The standard InChI is InChI=1S/C13H18FN3O2S/c1-16-4-6-17(7-5-16)13(18)9-20(19)10-2-3-12(15)11(14)8-10/h2-3,8H,4-7,9,15H2,1H3. The van der Waals surface area contributed by atoms with Crippen LogP contribution in [0.25, 0.3) is 0 Å². The summed E-state index contributed by atoms with van der Waals surface area (Å²) in [5, 5.41) is 0. The van der Waals surface area contributed by atoms with Gasteiger partial charge in [0, 0.05) is 31.1 Å². The van der Waals surface area contributed by atoms with Gasteiger partial charge in [0.1, 0.15) is 11.6 Å². The third-order valence-electron chi connectivity index (χ3n) is 3.35. The van der Waals surface area contributed by atoms with Gasteiger partial charge in [0.05, 0.1) is 16.5 Å². The zero-order chi connectivity index (χ0) is 14.7. The maximum atomic E-state index is 13.3. The Morgan fingerprint density at radius 3 is 2.60 bits per heavy atom. The normalized spacial score (nSPS) is 18.0. The maximum absolute atomic E-state index is 13.3. The van der Waals surface area contributed by atoms with Crippen LogP contribution in [-0.4, -0.2) is 58.9 Å². The third kappa shape index (κ3) is 3.55. The van der Waals surface area contributed by atoms with Crippen LogP contribution in [0.1, 0.15) is 0 Å². The van der Waals surface area contributed by atoms with E-state index in [0.29, 0.717) is 18.0 Å². The van der Waals surface area contributed by atoms with Gasteiger partial charge in [-0.1, -0.05) is 0 Å². The molecule has 110 valence electrons.